The van der Waals surface area contributed by atoms with E-state index in [1.54, 1.807) is 19.1 Å². The number of piperazine rings is 1. The van der Waals surface area contributed by atoms with Crippen molar-refractivity contribution in [2.24, 2.45) is 0 Å². The minimum atomic E-state index is -0.412. The molecule has 0 atom stereocenters. The van der Waals surface area contributed by atoms with E-state index in [4.69, 9.17) is 1.41 Å². The summed E-state index contributed by atoms with van der Waals surface area (Å²) in [5, 5.41) is 1.51. The van der Waals surface area contributed by atoms with Crippen molar-refractivity contribution in [2.75, 3.05) is 26.2 Å². The normalized spacial score (nSPS) is 18.4. The lowest BCUT2D eigenvalue weighted by Gasteiger charge is -2.27. The Morgan fingerprint density at radius 1 is 1.45 bits per heavy atom. The fourth-order valence-corrected chi connectivity index (χ4v) is 2.43. The lowest BCUT2D eigenvalue weighted by molar-refractivity contribution is 0.230. The lowest BCUT2D eigenvalue weighted by Crippen LogP contribution is -2.43. The van der Waals surface area contributed by atoms with Crippen LogP contribution in [0.25, 0.3) is 11.0 Å². The molecule has 106 valence electrons. The third-order valence-corrected chi connectivity index (χ3v) is 3.60. The van der Waals surface area contributed by atoms with Crippen LogP contribution in [0.2, 0.25) is 1.41 Å². The fraction of sp³-hybridized carbons (Fsp3) is 0.429. The molecule has 1 aliphatic rings. The first-order chi connectivity index (χ1) is 10.0. The Balaban J connectivity index is 1.91. The molecule has 1 aromatic heterocycles. The predicted octanol–water partition coefficient (Wildman–Crippen LogP) is 0.776. The summed E-state index contributed by atoms with van der Waals surface area (Å²) in [5.41, 5.74) is 1.15. The van der Waals surface area contributed by atoms with E-state index in [1.165, 1.54) is 5.31 Å². The Hall–Kier alpha value is -1.79. The van der Waals surface area contributed by atoms with Crippen molar-refractivity contribution < 1.29 is 5.80 Å². The van der Waals surface area contributed by atoms with E-state index in [0.29, 0.717) is 36.4 Å². The van der Waals surface area contributed by atoms with Gasteiger partial charge in [-0.15, -0.1) is 0 Å². The Labute approximate surface area is 117 Å². The quantitative estimate of drug-likeness (QED) is 0.851. The van der Waals surface area contributed by atoms with Crippen LogP contribution in [0.5, 0.6) is 0 Å². The Bertz CT molecular complexity index is 725. The molecule has 2 heterocycles. The molecule has 20 heavy (non-hydrogen) atoms. The summed E-state index contributed by atoms with van der Waals surface area (Å²) < 4.78 is 22.0. The van der Waals surface area contributed by atoms with Gasteiger partial charge in [-0.25, -0.2) is 9.37 Å². The minimum absolute atomic E-state index is 0.169. The second kappa shape index (κ2) is 5.30. The van der Waals surface area contributed by atoms with Gasteiger partial charge < -0.3 is 10.3 Å². The van der Waals surface area contributed by atoms with Crippen LogP contribution in [0.1, 0.15) is 11.3 Å². The smallest absolute Gasteiger partial charge is 0.269 e. The fourth-order valence-electron chi connectivity index (χ4n) is 2.43. The van der Waals surface area contributed by atoms with Crippen LogP contribution in [-0.4, -0.2) is 41.0 Å². The summed E-state index contributed by atoms with van der Waals surface area (Å²) in [7, 11) is 0. The van der Waals surface area contributed by atoms with Gasteiger partial charge in [0.05, 0.1) is 5.52 Å². The number of nitrogens with zero attached hydrogens (tertiary/aromatic N) is 2. The summed E-state index contributed by atoms with van der Waals surface area (Å²) in [6.45, 7) is 4.88. The zero-order chi connectivity index (χ0) is 15.0. The van der Waals surface area contributed by atoms with E-state index in [1.807, 2.05) is 0 Å². The van der Waals surface area contributed by atoms with E-state index in [2.05, 4.69) is 14.9 Å². The number of benzene rings is 1. The van der Waals surface area contributed by atoms with E-state index >= 15 is 0 Å². The lowest BCUT2D eigenvalue weighted by atomic mass is 10.1. The van der Waals surface area contributed by atoms with Gasteiger partial charge in [0.25, 0.3) is 5.56 Å². The number of aryl methyl sites for hydroxylation is 1. The zero-order valence-electron chi connectivity index (χ0n) is 12.3. The Morgan fingerprint density at radius 2 is 2.20 bits per heavy atom. The van der Waals surface area contributed by atoms with Crippen molar-refractivity contribution in [2.45, 2.75) is 13.5 Å². The maximum Gasteiger partial charge on any atom is 0.269 e. The molecule has 0 amide bonds. The van der Waals surface area contributed by atoms with Crippen molar-refractivity contribution in [3.05, 3.63) is 39.6 Å². The number of aromatic nitrogens is 2. The molecule has 0 aliphatic carbocycles. The van der Waals surface area contributed by atoms with Crippen molar-refractivity contribution in [1.29, 1.82) is 0 Å². The number of fused-ring (bicyclic) bond motifs is 1. The molecule has 1 saturated heterocycles. The van der Waals surface area contributed by atoms with Gasteiger partial charge in [0.1, 0.15) is 12.6 Å². The second-order valence-electron chi connectivity index (χ2n) is 5.03. The summed E-state index contributed by atoms with van der Waals surface area (Å²) >= 11 is 0. The summed E-state index contributed by atoms with van der Waals surface area (Å²) in [4.78, 5) is 20.4. The third-order valence-electron chi connectivity index (χ3n) is 3.60. The maximum absolute atomic E-state index is 14.5. The number of aromatic amines is 1. The van der Waals surface area contributed by atoms with Gasteiger partial charge in [-0.3, -0.25) is 9.69 Å². The maximum atomic E-state index is 14.5. The number of halogens is 1. The Kier molecular flexibility index (Phi) is 3.18. The highest BCUT2D eigenvalue weighted by Gasteiger charge is 2.15. The summed E-state index contributed by atoms with van der Waals surface area (Å²) in [6.07, 6.45) is 0. The highest BCUT2D eigenvalue weighted by molar-refractivity contribution is 5.75. The first-order valence-corrected chi connectivity index (χ1v) is 6.69. The number of hydrogen-bond donors (Lipinski definition) is 2. The molecule has 2 N–H and O–H groups in total. The molecule has 1 fully saturated rings. The highest BCUT2D eigenvalue weighted by Crippen LogP contribution is 2.18. The molecule has 3 rings (SSSR count). The summed E-state index contributed by atoms with van der Waals surface area (Å²) in [6, 6.07) is 3.45. The van der Waals surface area contributed by atoms with Gasteiger partial charge in [-0.1, -0.05) is 6.07 Å². The SMILES string of the molecule is [2H]N1CCN(Cc2ccc3nc(C)c(=O)[nH]c3c2F)CC1. The second-order valence-corrected chi connectivity index (χ2v) is 5.03. The molecule has 0 saturated carbocycles. The average molecular weight is 277 g/mol. The van der Waals surface area contributed by atoms with E-state index in [9.17, 15) is 9.18 Å². The largest absolute Gasteiger partial charge is 0.317 e. The van der Waals surface area contributed by atoms with Gasteiger partial charge in [0.15, 0.2) is 5.82 Å². The van der Waals surface area contributed by atoms with E-state index in [0.717, 1.165) is 13.1 Å². The summed E-state index contributed by atoms with van der Waals surface area (Å²) in [5.74, 6) is -0.412. The highest BCUT2D eigenvalue weighted by atomic mass is 19.1. The number of nitrogens with one attached hydrogen (secondary N) is 2. The number of rotatable bonds is 2. The first-order valence-electron chi connectivity index (χ1n) is 7.13. The van der Waals surface area contributed by atoms with Gasteiger partial charge >= 0.3 is 0 Å². The molecule has 6 heteroatoms. The van der Waals surface area contributed by atoms with Crippen LogP contribution in [0, 0.1) is 12.7 Å². The molecule has 1 aliphatic heterocycles. The predicted molar refractivity (Wildman–Crippen MR) is 75.2 cm³/mol. The van der Waals surface area contributed by atoms with Crippen molar-refractivity contribution in [3.8, 4) is 0 Å². The Morgan fingerprint density at radius 3 is 2.95 bits per heavy atom. The van der Waals surface area contributed by atoms with E-state index < -0.39 is 5.82 Å². The molecule has 5 nitrogen and oxygen atoms in total. The first kappa shape index (κ1) is 12.0. The molecular weight excluding hydrogens is 259 g/mol. The van der Waals surface area contributed by atoms with Crippen molar-refractivity contribution in [3.63, 3.8) is 0 Å². The minimum Gasteiger partial charge on any atom is -0.317 e. The topological polar surface area (TPSA) is 61.0 Å². The van der Waals surface area contributed by atoms with Gasteiger partial charge in [-0.05, 0) is 13.0 Å². The number of hydrogen-bond acceptors (Lipinski definition) is 4. The van der Waals surface area contributed by atoms with Crippen LogP contribution in [0.15, 0.2) is 16.9 Å². The van der Waals surface area contributed by atoms with E-state index in [-0.39, 0.29) is 11.1 Å². The van der Waals surface area contributed by atoms with Gasteiger partial charge in [0, 0.05) is 38.3 Å². The standard InChI is InChI=1S/C14H17FN4O/c1-9-14(20)18-13-11(17-9)3-2-10(12(13)15)8-19-6-4-16-5-7-19/h2-3,16H,4-8H2,1H3,(H,18,20)/i/hD. The van der Waals surface area contributed by atoms with Crippen molar-refractivity contribution >= 4 is 11.0 Å². The molecule has 0 unspecified atom stereocenters. The molecular formula is C14H17FN4O. The average Bonchev–Trinajstić information content (AvgIpc) is 2.47. The molecule has 1 aromatic carbocycles. The monoisotopic (exact) mass is 277 g/mol. The third kappa shape index (κ3) is 2.44. The molecule has 0 spiro atoms. The van der Waals surface area contributed by atoms with Crippen LogP contribution in [0.3, 0.4) is 0 Å². The van der Waals surface area contributed by atoms with Gasteiger partial charge in [0.2, 0.25) is 0 Å². The van der Waals surface area contributed by atoms with Crippen LogP contribution in [0.4, 0.5) is 4.39 Å². The molecule has 0 radical (unpaired) electrons. The van der Waals surface area contributed by atoms with Crippen molar-refractivity contribution in [1.82, 2.24) is 20.2 Å². The van der Waals surface area contributed by atoms with Crippen LogP contribution < -0.4 is 10.9 Å². The number of H-pyrrole nitrogens is 1. The molecule has 0 bridgehead atoms. The van der Waals surface area contributed by atoms with Crippen LogP contribution >= 0.6 is 0 Å². The van der Waals surface area contributed by atoms with Crippen LogP contribution in [-0.2, 0) is 6.54 Å². The van der Waals surface area contributed by atoms with Gasteiger partial charge in [-0.2, -0.15) is 0 Å². The zero-order valence-corrected chi connectivity index (χ0v) is 11.3. The molecule has 2 aromatic rings.